The second kappa shape index (κ2) is 10.8. The first-order chi connectivity index (χ1) is 17.6. The molecule has 0 unspecified atom stereocenters. The summed E-state index contributed by atoms with van der Waals surface area (Å²) in [5.74, 6) is 0.291. The Hall–Kier alpha value is -3.84. The normalized spacial score (nSPS) is 14.9. The van der Waals surface area contributed by atoms with E-state index in [2.05, 4.69) is 20.6 Å². The number of amides is 1. The Morgan fingerprint density at radius 1 is 1.06 bits per heavy atom. The molecule has 5 rings (SSSR count). The molecular formula is C29H30FN5O. The maximum atomic E-state index is 15.5. The first-order valence-electron chi connectivity index (χ1n) is 12.4. The Kier molecular flexibility index (Phi) is 7.18. The Morgan fingerprint density at radius 3 is 2.61 bits per heavy atom. The molecule has 7 heteroatoms. The van der Waals surface area contributed by atoms with Gasteiger partial charge < -0.3 is 10.6 Å². The van der Waals surface area contributed by atoms with Crippen LogP contribution in [0.5, 0.6) is 0 Å². The summed E-state index contributed by atoms with van der Waals surface area (Å²) in [6.45, 7) is 4.32. The van der Waals surface area contributed by atoms with Crippen LogP contribution in [0.25, 0.3) is 10.8 Å². The zero-order chi connectivity index (χ0) is 24.9. The van der Waals surface area contributed by atoms with E-state index in [9.17, 15) is 4.79 Å². The Labute approximate surface area is 210 Å². The van der Waals surface area contributed by atoms with Gasteiger partial charge in [-0.2, -0.15) is 4.98 Å². The van der Waals surface area contributed by atoms with Crippen LogP contribution in [-0.2, 0) is 0 Å². The minimum absolute atomic E-state index is 0.0204. The molecule has 1 aliphatic rings. The Bertz CT molecular complexity index is 1340. The summed E-state index contributed by atoms with van der Waals surface area (Å²) in [4.78, 5) is 24.5. The fraction of sp³-hybridized carbons (Fsp3) is 0.276. The first-order valence-corrected chi connectivity index (χ1v) is 12.4. The second-order valence-electron chi connectivity index (χ2n) is 9.27. The van der Waals surface area contributed by atoms with Gasteiger partial charge in [-0.05, 0) is 61.9 Å². The number of nitrogens with zero attached hydrogens (tertiary/aromatic N) is 3. The SMILES string of the molecule is C[C@H](Nc1nccc(N(CC2CCNCC2)C(=O)c2ccc3ccccc3c2F)n1)c1ccccc1. The van der Waals surface area contributed by atoms with Crippen LogP contribution < -0.4 is 15.5 Å². The number of hydrogen-bond donors (Lipinski definition) is 2. The summed E-state index contributed by atoms with van der Waals surface area (Å²) >= 11 is 0. The number of piperidine rings is 1. The van der Waals surface area contributed by atoms with Crippen LogP contribution in [-0.4, -0.2) is 35.5 Å². The van der Waals surface area contributed by atoms with Crippen molar-refractivity contribution in [1.29, 1.82) is 0 Å². The fourth-order valence-corrected chi connectivity index (χ4v) is 4.73. The number of anilines is 2. The number of benzene rings is 3. The number of fused-ring (bicyclic) bond motifs is 1. The standard InChI is InChI=1S/C29H30FN5O/c1-20(22-7-3-2-4-8-22)33-29-32-18-15-26(34-29)35(19-21-13-16-31-17-14-21)28(36)25-12-11-23-9-5-6-10-24(23)27(25)30/h2-12,15,18,20-21,31H,13-14,16-17,19H2,1H3,(H,32,33,34)/t20-/m0/s1. The predicted molar refractivity (Wildman–Crippen MR) is 142 cm³/mol. The lowest BCUT2D eigenvalue weighted by Gasteiger charge is -2.30. The molecule has 0 radical (unpaired) electrons. The van der Waals surface area contributed by atoms with Crippen molar-refractivity contribution in [2.24, 2.45) is 5.92 Å². The molecule has 0 aliphatic carbocycles. The van der Waals surface area contributed by atoms with Gasteiger partial charge in [-0.1, -0.05) is 60.7 Å². The molecule has 1 atom stereocenters. The lowest BCUT2D eigenvalue weighted by molar-refractivity contribution is 0.0976. The molecule has 2 N–H and O–H groups in total. The monoisotopic (exact) mass is 483 g/mol. The fourth-order valence-electron chi connectivity index (χ4n) is 4.73. The molecule has 1 fully saturated rings. The van der Waals surface area contributed by atoms with E-state index < -0.39 is 11.7 Å². The van der Waals surface area contributed by atoms with Crippen LogP contribution in [0, 0.1) is 11.7 Å². The van der Waals surface area contributed by atoms with Gasteiger partial charge in [-0.15, -0.1) is 0 Å². The smallest absolute Gasteiger partial charge is 0.262 e. The van der Waals surface area contributed by atoms with Gasteiger partial charge in [0.1, 0.15) is 11.6 Å². The van der Waals surface area contributed by atoms with E-state index in [1.165, 1.54) is 0 Å². The quantitative estimate of drug-likeness (QED) is 0.359. The average Bonchev–Trinajstić information content (AvgIpc) is 2.93. The number of carbonyl (C=O) groups excluding carboxylic acids is 1. The van der Waals surface area contributed by atoms with Crippen molar-refractivity contribution < 1.29 is 9.18 Å². The van der Waals surface area contributed by atoms with Gasteiger partial charge in [0.15, 0.2) is 0 Å². The highest BCUT2D eigenvalue weighted by molar-refractivity contribution is 6.08. The molecule has 1 saturated heterocycles. The summed E-state index contributed by atoms with van der Waals surface area (Å²) in [6.07, 6.45) is 3.54. The zero-order valence-electron chi connectivity index (χ0n) is 20.3. The largest absolute Gasteiger partial charge is 0.348 e. The highest BCUT2D eigenvalue weighted by Crippen LogP contribution is 2.26. The first kappa shape index (κ1) is 23.9. The summed E-state index contributed by atoms with van der Waals surface area (Å²) in [6, 6.07) is 22.3. The molecule has 1 amide bonds. The lowest BCUT2D eigenvalue weighted by Crippen LogP contribution is -2.40. The van der Waals surface area contributed by atoms with E-state index in [1.807, 2.05) is 49.4 Å². The van der Waals surface area contributed by atoms with Gasteiger partial charge >= 0.3 is 0 Å². The van der Waals surface area contributed by atoms with Gasteiger partial charge in [0.2, 0.25) is 5.95 Å². The second-order valence-corrected chi connectivity index (χ2v) is 9.27. The highest BCUT2D eigenvalue weighted by Gasteiger charge is 2.27. The average molecular weight is 484 g/mol. The molecule has 6 nitrogen and oxygen atoms in total. The van der Waals surface area contributed by atoms with Crippen LogP contribution in [0.1, 0.15) is 41.7 Å². The summed E-state index contributed by atoms with van der Waals surface area (Å²) in [5, 5.41) is 7.89. The Balaban J connectivity index is 1.47. The molecule has 4 aromatic rings. The third-order valence-electron chi connectivity index (χ3n) is 6.80. The van der Waals surface area contributed by atoms with E-state index in [-0.39, 0.29) is 11.6 Å². The Morgan fingerprint density at radius 2 is 1.81 bits per heavy atom. The lowest BCUT2D eigenvalue weighted by atomic mass is 9.97. The van der Waals surface area contributed by atoms with Crippen LogP contribution in [0.3, 0.4) is 0 Å². The topological polar surface area (TPSA) is 70.2 Å². The van der Waals surface area contributed by atoms with E-state index >= 15 is 4.39 Å². The van der Waals surface area contributed by atoms with Gasteiger partial charge in [-0.3, -0.25) is 9.69 Å². The molecule has 2 heterocycles. The maximum absolute atomic E-state index is 15.5. The molecule has 0 spiro atoms. The van der Waals surface area contributed by atoms with Crippen molar-refractivity contribution in [1.82, 2.24) is 15.3 Å². The molecule has 36 heavy (non-hydrogen) atoms. The van der Waals surface area contributed by atoms with Crippen LogP contribution >= 0.6 is 0 Å². The van der Waals surface area contributed by atoms with Crippen LogP contribution in [0.15, 0.2) is 79.0 Å². The van der Waals surface area contributed by atoms with E-state index in [0.29, 0.717) is 29.6 Å². The van der Waals surface area contributed by atoms with E-state index in [4.69, 9.17) is 0 Å². The van der Waals surface area contributed by atoms with Crippen molar-refractivity contribution in [3.8, 4) is 0 Å². The van der Waals surface area contributed by atoms with Gasteiger partial charge in [-0.25, -0.2) is 9.37 Å². The minimum Gasteiger partial charge on any atom is -0.348 e. The third-order valence-corrected chi connectivity index (χ3v) is 6.80. The van der Waals surface area contributed by atoms with Crippen molar-refractivity contribution in [2.45, 2.75) is 25.8 Å². The molecule has 1 aromatic heterocycles. The summed E-state index contributed by atoms with van der Waals surface area (Å²) in [7, 11) is 0. The third kappa shape index (κ3) is 5.21. The molecule has 0 saturated carbocycles. The van der Waals surface area contributed by atoms with Crippen LogP contribution in [0.4, 0.5) is 16.2 Å². The van der Waals surface area contributed by atoms with Crippen molar-refractivity contribution >= 4 is 28.4 Å². The number of carbonyl (C=O) groups is 1. The van der Waals surface area contributed by atoms with Crippen molar-refractivity contribution in [3.05, 3.63) is 95.9 Å². The van der Waals surface area contributed by atoms with Gasteiger partial charge in [0.25, 0.3) is 5.91 Å². The number of rotatable bonds is 7. The number of nitrogens with one attached hydrogen (secondary N) is 2. The minimum atomic E-state index is -0.501. The van der Waals surface area contributed by atoms with Crippen LogP contribution in [0.2, 0.25) is 0 Å². The summed E-state index contributed by atoms with van der Waals surface area (Å²) in [5.41, 5.74) is 1.15. The molecule has 1 aliphatic heterocycles. The number of halogens is 1. The van der Waals surface area contributed by atoms with Crippen molar-refractivity contribution in [3.63, 3.8) is 0 Å². The van der Waals surface area contributed by atoms with Gasteiger partial charge in [0, 0.05) is 18.1 Å². The molecule has 3 aromatic carbocycles. The summed E-state index contributed by atoms with van der Waals surface area (Å²) < 4.78 is 15.5. The highest BCUT2D eigenvalue weighted by atomic mass is 19.1. The van der Waals surface area contributed by atoms with E-state index in [0.717, 1.165) is 36.9 Å². The maximum Gasteiger partial charge on any atom is 0.262 e. The van der Waals surface area contributed by atoms with Gasteiger partial charge in [0.05, 0.1) is 11.6 Å². The van der Waals surface area contributed by atoms with Crippen molar-refractivity contribution in [2.75, 3.05) is 29.9 Å². The number of hydrogen-bond acceptors (Lipinski definition) is 5. The molecular weight excluding hydrogens is 453 g/mol. The number of aromatic nitrogens is 2. The zero-order valence-corrected chi connectivity index (χ0v) is 20.3. The predicted octanol–water partition coefficient (Wildman–Crippen LogP) is 5.59. The molecule has 0 bridgehead atoms. The van der Waals surface area contributed by atoms with E-state index in [1.54, 1.807) is 41.4 Å². The molecule has 184 valence electrons.